The van der Waals surface area contributed by atoms with E-state index in [2.05, 4.69) is 10.6 Å². The van der Waals surface area contributed by atoms with E-state index in [1.165, 1.54) is 0 Å². The first-order chi connectivity index (χ1) is 17.0. The molecule has 1 aliphatic heterocycles. The minimum atomic E-state index is -4.56. The summed E-state index contributed by atoms with van der Waals surface area (Å²) in [5, 5.41) is 13.1. The van der Waals surface area contributed by atoms with Gasteiger partial charge in [-0.2, -0.15) is 13.2 Å². The molecular weight excluding hydrogens is 500 g/mol. The molecule has 0 spiro atoms. The summed E-state index contributed by atoms with van der Waals surface area (Å²) < 4.78 is 62.4. The molecule has 0 aromatic heterocycles. The maximum atomic E-state index is 13.5. The van der Waals surface area contributed by atoms with Gasteiger partial charge in [-0.3, -0.25) is 9.36 Å². The van der Waals surface area contributed by atoms with Crippen LogP contribution in [-0.2, 0) is 23.8 Å². The first-order valence-electron chi connectivity index (χ1n) is 11.5. The Balaban J connectivity index is 1.52. The molecule has 194 valence electrons. The Kier molecular flexibility index (Phi) is 7.45. The zero-order valence-electron chi connectivity index (χ0n) is 19.2. The van der Waals surface area contributed by atoms with Gasteiger partial charge in [0.2, 0.25) is 5.91 Å². The number of benzene rings is 2. The van der Waals surface area contributed by atoms with Gasteiger partial charge in [-0.15, -0.1) is 0 Å². The highest BCUT2D eigenvalue weighted by Crippen LogP contribution is 2.54. The van der Waals surface area contributed by atoms with Crippen LogP contribution in [0, 0.1) is 0 Å². The van der Waals surface area contributed by atoms with Crippen LogP contribution in [0.1, 0.15) is 30.4 Å². The lowest BCUT2D eigenvalue weighted by atomic mass is 9.73. The molecule has 2 aromatic rings. The van der Waals surface area contributed by atoms with Gasteiger partial charge in [0, 0.05) is 0 Å². The van der Waals surface area contributed by atoms with E-state index < -0.39 is 43.8 Å². The minimum Gasteiger partial charge on any atom is -0.465 e. The number of amides is 2. The van der Waals surface area contributed by atoms with Gasteiger partial charge in [0.1, 0.15) is 12.0 Å². The lowest BCUT2D eigenvalue weighted by Gasteiger charge is -2.32. The first kappa shape index (κ1) is 26.2. The molecule has 0 bridgehead atoms. The molecule has 36 heavy (non-hydrogen) atoms. The fourth-order valence-corrected chi connectivity index (χ4v) is 6.62. The third-order valence-electron chi connectivity index (χ3n) is 6.41. The van der Waals surface area contributed by atoms with Crippen LogP contribution in [0.3, 0.4) is 0 Å². The highest BCUT2D eigenvalue weighted by molar-refractivity contribution is 7.53. The molecule has 1 aliphatic carbocycles. The average Bonchev–Trinajstić information content (AvgIpc) is 3.12. The lowest BCUT2D eigenvalue weighted by molar-refractivity contribution is -0.141. The largest absolute Gasteiger partial charge is 0.465 e. The fraction of sp³-hybridized carbons (Fsp3) is 0.417. The lowest BCUT2D eigenvalue weighted by Crippen LogP contribution is -2.47. The third-order valence-corrected chi connectivity index (χ3v) is 8.36. The zero-order valence-corrected chi connectivity index (χ0v) is 20.1. The maximum Gasteiger partial charge on any atom is 0.405 e. The summed E-state index contributed by atoms with van der Waals surface area (Å²) >= 11 is 0. The Bertz CT molecular complexity index is 1130. The SMILES string of the molecule is O=C(O)NC1COP(=O)(CCCCC2(C(=O)NCC(F)(F)F)c3ccccc3-c3ccccc32)OC1. The average molecular weight is 526 g/mol. The summed E-state index contributed by atoms with van der Waals surface area (Å²) in [6, 6.07) is 13.7. The predicted octanol–water partition coefficient (Wildman–Crippen LogP) is 4.68. The Hall–Kier alpha value is -2.88. The van der Waals surface area contributed by atoms with Gasteiger partial charge in [-0.05, 0) is 35.1 Å². The molecule has 0 saturated carbocycles. The van der Waals surface area contributed by atoms with Gasteiger partial charge >= 0.3 is 19.9 Å². The van der Waals surface area contributed by atoms with E-state index in [9.17, 15) is 27.3 Å². The Morgan fingerprint density at radius 3 is 2.08 bits per heavy atom. The van der Waals surface area contributed by atoms with Crippen molar-refractivity contribution in [2.45, 2.75) is 36.9 Å². The van der Waals surface area contributed by atoms with Crippen molar-refractivity contribution in [3.8, 4) is 11.1 Å². The van der Waals surface area contributed by atoms with Crippen molar-refractivity contribution >= 4 is 19.6 Å². The summed E-state index contributed by atoms with van der Waals surface area (Å²) in [5.74, 6) is -0.739. The van der Waals surface area contributed by atoms with E-state index in [0.29, 0.717) is 24.0 Å². The van der Waals surface area contributed by atoms with E-state index in [1.807, 2.05) is 24.3 Å². The molecule has 2 amide bonds. The van der Waals surface area contributed by atoms with Crippen LogP contribution in [0.5, 0.6) is 0 Å². The molecule has 4 rings (SSSR count). The fourth-order valence-electron chi connectivity index (χ4n) is 4.86. The number of nitrogens with one attached hydrogen (secondary N) is 2. The van der Waals surface area contributed by atoms with Crippen LogP contribution in [0.15, 0.2) is 48.5 Å². The molecule has 2 aromatic carbocycles. The normalized spacial score (nSPS) is 22.4. The molecule has 1 saturated heterocycles. The number of hydrogen-bond acceptors (Lipinski definition) is 5. The number of fused-ring (bicyclic) bond motifs is 3. The standard InChI is InChI=1S/C24H26F3N2O6P/c25-24(26,27)15-28-21(30)23(19-9-3-1-7-17(19)18-8-2-4-10-20(18)23)11-5-6-12-36(33)34-13-16(14-35-36)29-22(31)32/h1-4,7-10,16,29H,5-6,11-15H2,(H,28,30)(H,31,32). The summed E-state index contributed by atoms with van der Waals surface area (Å²) in [4.78, 5) is 24.2. The van der Waals surface area contributed by atoms with Crippen molar-refractivity contribution in [3.05, 3.63) is 59.7 Å². The number of carboxylic acid groups (broad SMARTS) is 1. The van der Waals surface area contributed by atoms with Crippen molar-refractivity contribution in [3.63, 3.8) is 0 Å². The number of unbranched alkanes of at least 4 members (excludes halogenated alkanes) is 1. The van der Waals surface area contributed by atoms with Crippen LogP contribution in [0.25, 0.3) is 11.1 Å². The van der Waals surface area contributed by atoms with Crippen molar-refractivity contribution < 1.29 is 41.5 Å². The highest BCUT2D eigenvalue weighted by atomic mass is 31.2. The van der Waals surface area contributed by atoms with Gasteiger partial charge in [0.15, 0.2) is 0 Å². The van der Waals surface area contributed by atoms with E-state index in [-0.39, 0.29) is 25.8 Å². The van der Waals surface area contributed by atoms with E-state index >= 15 is 0 Å². The Morgan fingerprint density at radius 1 is 1.00 bits per heavy atom. The van der Waals surface area contributed by atoms with Crippen molar-refractivity contribution in [2.24, 2.45) is 0 Å². The van der Waals surface area contributed by atoms with Gasteiger partial charge in [0.25, 0.3) is 0 Å². The van der Waals surface area contributed by atoms with Gasteiger partial charge in [-0.1, -0.05) is 55.0 Å². The Labute approximate surface area is 205 Å². The summed E-state index contributed by atoms with van der Waals surface area (Å²) in [7, 11) is -3.45. The van der Waals surface area contributed by atoms with Gasteiger partial charge < -0.3 is 24.8 Å². The number of rotatable bonds is 8. The van der Waals surface area contributed by atoms with Crippen LogP contribution >= 0.6 is 7.60 Å². The summed E-state index contributed by atoms with van der Waals surface area (Å²) in [6.07, 6.45) is -4.89. The monoisotopic (exact) mass is 526 g/mol. The maximum absolute atomic E-state index is 13.5. The summed E-state index contributed by atoms with van der Waals surface area (Å²) in [6.45, 7) is -1.62. The Morgan fingerprint density at radius 2 is 1.56 bits per heavy atom. The number of alkyl halides is 3. The van der Waals surface area contributed by atoms with Gasteiger partial charge in [-0.25, -0.2) is 4.79 Å². The van der Waals surface area contributed by atoms with Crippen LogP contribution in [0.2, 0.25) is 0 Å². The topological polar surface area (TPSA) is 114 Å². The van der Waals surface area contributed by atoms with E-state index in [0.717, 1.165) is 11.1 Å². The number of carbonyl (C=O) groups excluding carboxylic acids is 1. The summed E-state index contributed by atoms with van der Waals surface area (Å²) in [5.41, 5.74) is 1.51. The molecule has 1 fully saturated rings. The molecule has 2 aliphatic rings. The molecular formula is C24H26F3N2O6P. The van der Waals surface area contributed by atoms with E-state index in [4.69, 9.17) is 14.2 Å². The smallest absolute Gasteiger partial charge is 0.405 e. The second-order valence-electron chi connectivity index (χ2n) is 8.82. The highest BCUT2D eigenvalue weighted by Gasteiger charge is 2.49. The van der Waals surface area contributed by atoms with Crippen molar-refractivity contribution in [1.82, 2.24) is 10.6 Å². The third kappa shape index (κ3) is 5.43. The number of carbonyl (C=O) groups is 2. The molecule has 3 N–H and O–H groups in total. The van der Waals surface area contributed by atoms with Crippen LogP contribution in [-0.4, -0.2) is 55.2 Å². The van der Waals surface area contributed by atoms with Crippen molar-refractivity contribution in [1.29, 1.82) is 0 Å². The quantitative estimate of drug-likeness (QED) is 0.340. The second kappa shape index (κ2) is 10.2. The minimum absolute atomic E-state index is 0.0380. The molecule has 0 unspecified atom stereocenters. The number of hydrogen-bond donors (Lipinski definition) is 3. The molecule has 8 nitrogen and oxygen atoms in total. The van der Waals surface area contributed by atoms with Gasteiger partial charge in [0.05, 0.1) is 25.4 Å². The predicted molar refractivity (Wildman–Crippen MR) is 125 cm³/mol. The molecule has 0 radical (unpaired) electrons. The zero-order chi connectivity index (χ0) is 26.0. The van der Waals surface area contributed by atoms with Crippen LogP contribution in [0.4, 0.5) is 18.0 Å². The molecule has 1 heterocycles. The van der Waals surface area contributed by atoms with Crippen molar-refractivity contribution in [2.75, 3.05) is 25.9 Å². The number of halogens is 3. The van der Waals surface area contributed by atoms with Crippen LogP contribution < -0.4 is 10.6 Å². The molecule has 12 heteroatoms. The second-order valence-corrected chi connectivity index (χ2v) is 11.0. The molecule has 0 atom stereocenters. The first-order valence-corrected chi connectivity index (χ1v) is 13.2. The van der Waals surface area contributed by atoms with E-state index in [1.54, 1.807) is 24.3 Å².